The maximum Gasteiger partial charge on any atom is 0.244 e. The first-order valence-corrected chi connectivity index (χ1v) is 7.02. The fourth-order valence-electron chi connectivity index (χ4n) is 2.34. The van der Waals surface area contributed by atoms with E-state index >= 15 is 0 Å². The molecule has 0 saturated carbocycles. The van der Waals surface area contributed by atoms with Crippen molar-refractivity contribution < 1.29 is 9.53 Å². The Labute approximate surface area is 120 Å². The Bertz CT molecular complexity index is 500. The number of ether oxygens (including phenoxy) is 1. The molecular weight excluding hydrogens is 254 g/mol. The lowest BCUT2D eigenvalue weighted by atomic mass is 9.96. The van der Waals surface area contributed by atoms with Gasteiger partial charge >= 0.3 is 0 Å². The van der Waals surface area contributed by atoms with Crippen molar-refractivity contribution in [1.29, 1.82) is 0 Å². The number of fused-ring (bicyclic) bond motifs is 1. The van der Waals surface area contributed by atoms with Crippen LogP contribution in [0.25, 0.3) is 0 Å². The molecule has 1 aliphatic rings. The lowest BCUT2D eigenvalue weighted by Gasteiger charge is -2.28. The molecule has 0 bridgehead atoms. The Hall–Kier alpha value is -1.75. The van der Waals surface area contributed by atoms with Crippen LogP contribution < -0.4 is 20.7 Å². The Morgan fingerprint density at radius 3 is 3.00 bits per heavy atom. The fourth-order valence-corrected chi connectivity index (χ4v) is 2.34. The molecular formula is C15H23N3O2. The Morgan fingerprint density at radius 2 is 2.30 bits per heavy atom. The molecule has 5 nitrogen and oxygen atoms in total. The Balaban J connectivity index is 2.14. The molecule has 0 fully saturated rings. The third-order valence-corrected chi connectivity index (χ3v) is 3.60. The molecule has 0 aromatic heterocycles. The molecule has 20 heavy (non-hydrogen) atoms. The fraction of sp³-hybridized carbons (Fsp3) is 0.533. The van der Waals surface area contributed by atoms with Crippen LogP contribution in [0.2, 0.25) is 0 Å². The van der Waals surface area contributed by atoms with Crippen molar-refractivity contribution in [2.45, 2.75) is 32.2 Å². The van der Waals surface area contributed by atoms with Gasteiger partial charge in [0.15, 0.2) is 0 Å². The number of amides is 1. The quantitative estimate of drug-likeness (QED) is 0.883. The second-order valence-corrected chi connectivity index (χ2v) is 5.57. The van der Waals surface area contributed by atoms with E-state index in [1.54, 1.807) is 6.92 Å². The monoisotopic (exact) mass is 277 g/mol. The van der Waals surface area contributed by atoms with Crippen molar-refractivity contribution in [3.63, 3.8) is 0 Å². The van der Waals surface area contributed by atoms with Crippen LogP contribution in [0.5, 0.6) is 5.75 Å². The summed E-state index contributed by atoms with van der Waals surface area (Å²) in [6.45, 7) is 5.31. The lowest BCUT2D eigenvalue weighted by molar-refractivity contribution is -0.120. The van der Waals surface area contributed by atoms with Gasteiger partial charge in [0, 0.05) is 12.7 Å². The van der Waals surface area contributed by atoms with Gasteiger partial charge in [-0.15, -0.1) is 0 Å². The molecule has 5 heteroatoms. The summed E-state index contributed by atoms with van der Waals surface area (Å²) >= 11 is 0. The zero-order valence-corrected chi connectivity index (χ0v) is 12.4. The number of rotatable bonds is 4. The van der Waals surface area contributed by atoms with Crippen molar-refractivity contribution >= 4 is 17.3 Å². The predicted molar refractivity (Wildman–Crippen MR) is 81.3 cm³/mol. The van der Waals surface area contributed by atoms with Crippen LogP contribution in [0, 0.1) is 0 Å². The summed E-state index contributed by atoms with van der Waals surface area (Å²) in [7, 11) is 2.01. The van der Waals surface area contributed by atoms with Gasteiger partial charge in [-0.2, -0.15) is 0 Å². The van der Waals surface area contributed by atoms with Crippen LogP contribution in [0.4, 0.5) is 11.4 Å². The van der Waals surface area contributed by atoms with E-state index in [9.17, 15) is 4.79 Å². The molecule has 1 aromatic carbocycles. The maximum absolute atomic E-state index is 12.2. The van der Waals surface area contributed by atoms with E-state index < -0.39 is 5.54 Å². The molecule has 1 amide bonds. The van der Waals surface area contributed by atoms with Crippen molar-refractivity contribution in [2.75, 3.05) is 30.4 Å². The number of nitrogens with two attached hydrogens (primary N) is 1. The third-order valence-electron chi connectivity index (χ3n) is 3.60. The van der Waals surface area contributed by atoms with E-state index in [0.717, 1.165) is 30.1 Å². The van der Waals surface area contributed by atoms with Gasteiger partial charge in [0.25, 0.3) is 0 Å². The molecule has 0 spiro atoms. The first-order chi connectivity index (χ1) is 9.44. The van der Waals surface area contributed by atoms with E-state index in [1.165, 1.54) is 0 Å². The van der Waals surface area contributed by atoms with E-state index in [2.05, 4.69) is 10.2 Å². The standard InChI is InChI=1S/C15H23N3O2/c1-4-7-15(2,16)14(19)17-11-5-6-13-12(10-11)18(3)8-9-20-13/h5-6,10H,4,7-9,16H2,1-3H3,(H,17,19). The molecule has 0 saturated heterocycles. The highest BCUT2D eigenvalue weighted by molar-refractivity contribution is 5.98. The number of hydrogen-bond donors (Lipinski definition) is 2. The number of likely N-dealkylation sites (N-methyl/N-ethyl adjacent to an activating group) is 1. The van der Waals surface area contributed by atoms with E-state index in [-0.39, 0.29) is 5.91 Å². The summed E-state index contributed by atoms with van der Waals surface area (Å²) in [6, 6.07) is 5.65. The van der Waals surface area contributed by atoms with Gasteiger partial charge in [-0.1, -0.05) is 13.3 Å². The highest BCUT2D eigenvalue weighted by atomic mass is 16.5. The Kier molecular flexibility index (Phi) is 4.18. The molecule has 1 heterocycles. The van der Waals surface area contributed by atoms with Crippen LogP contribution in [0.3, 0.4) is 0 Å². The molecule has 1 aromatic rings. The largest absolute Gasteiger partial charge is 0.490 e. The number of benzene rings is 1. The highest BCUT2D eigenvalue weighted by Gasteiger charge is 2.27. The number of carbonyl (C=O) groups excluding carboxylic acids is 1. The average molecular weight is 277 g/mol. The van der Waals surface area contributed by atoms with Gasteiger partial charge in [-0.3, -0.25) is 4.79 Å². The van der Waals surface area contributed by atoms with Crippen molar-refractivity contribution in [1.82, 2.24) is 0 Å². The van der Waals surface area contributed by atoms with Gasteiger partial charge < -0.3 is 20.7 Å². The second kappa shape index (κ2) is 5.71. The molecule has 2 rings (SSSR count). The summed E-state index contributed by atoms with van der Waals surface area (Å²) < 4.78 is 5.58. The van der Waals surface area contributed by atoms with Gasteiger partial charge in [-0.25, -0.2) is 0 Å². The molecule has 110 valence electrons. The van der Waals surface area contributed by atoms with E-state index in [4.69, 9.17) is 10.5 Å². The SMILES string of the molecule is CCCC(C)(N)C(=O)Nc1ccc2c(c1)N(C)CCO2. The van der Waals surface area contributed by atoms with Crippen LogP contribution in [-0.4, -0.2) is 31.6 Å². The van der Waals surface area contributed by atoms with E-state index in [1.807, 2.05) is 32.2 Å². The lowest BCUT2D eigenvalue weighted by Crippen LogP contribution is -2.48. The minimum Gasteiger partial charge on any atom is -0.490 e. The number of anilines is 2. The molecule has 1 unspecified atom stereocenters. The zero-order valence-electron chi connectivity index (χ0n) is 12.4. The van der Waals surface area contributed by atoms with Crippen LogP contribution >= 0.6 is 0 Å². The minimum atomic E-state index is -0.840. The second-order valence-electron chi connectivity index (χ2n) is 5.57. The summed E-state index contributed by atoms with van der Waals surface area (Å²) in [5.41, 5.74) is 6.93. The van der Waals surface area contributed by atoms with Crippen LogP contribution in [-0.2, 0) is 4.79 Å². The normalized spacial score (nSPS) is 16.9. The average Bonchev–Trinajstić information content (AvgIpc) is 2.39. The molecule has 1 atom stereocenters. The van der Waals surface area contributed by atoms with Crippen molar-refractivity contribution in [2.24, 2.45) is 5.73 Å². The maximum atomic E-state index is 12.2. The molecule has 0 radical (unpaired) electrons. The first kappa shape index (κ1) is 14.7. The van der Waals surface area contributed by atoms with E-state index in [0.29, 0.717) is 13.0 Å². The number of hydrogen-bond acceptors (Lipinski definition) is 4. The van der Waals surface area contributed by atoms with Crippen molar-refractivity contribution in [3.05, 3.63) is 18.2 Å². The van der Waals surface area contributed by atoms with Gasteiger partial charge in [0.05, 0.1) is 17.8 Å². The van der Waals surface area contributed by atoms with Crippen molar-refractivity contribution in [3.8, 4) is 5.75 Å². The summed E-state index contributed by atoms with van der Waals surface area (Å²) in [6.07, 6.45) is 1.54. The minimum absolute atomic E-state index is 0.154. The van der Waals surface area contributed by atoms with Gasteiger partial charge in [0.2, 0.25) is 5.91 Å². The number of nitrogens with zero attached hydrogens (tertiary/aromatic N) is 1. The molecule has 0 aliphatic carbocycles. The topological polar surface area (TPSA) is 67.6 Å². The molecule has 3 N–H and O–H groups in total. The summed E-state index contributed by atoms with van der Waals surface area (Å²) in [4.78, 5) is 14.3. The predicted octanol–water partition coefficient (Wildman–Crippen LogP) is 1.97. The van der Waals surface area contributed by atoms with Crippen LogP contribution in [0.15, 0.2) is 18.2 Å². The third kappa shape index (κ3) is 3.04. The molecule has 1 aliphatic heterocycles. The van der Waals surface area contributed by atoms with Gasteiger partial charge in [-0.05, 0) is 31.5 Å². The number of nitrogens with one attached hydrogen (secondary N) is 1. The summed E-state index contributed by atoms with van der Waals surface area (Å²) in [5.74, 6) is 0.694. The number of carbonyl (C=O) groups is 1. The van der Waals surface area contributed by atoms with Gasteiger partial charge in [0.1, 0.15) is 12.4 Å². The first-order valence-electron chi connectivity index (χ1n) is 7.02. The van der Waals surface area contributed by atoms with Crippen LogP contribution in [0.1, 0.15) is 26.7 Å². The smallest absolute Gasteiger partial charge is 0.244 e. The Morgan fingerprint density at radius 1 is 1.55 bits per heavy atom. The highest BCUT2D eigenvalue weighted by Crippen LogP contribution is 2.33. The summed E-state index contributed by atoms with van der Waals surface area (Å²) in [5, 5.41) is 2.89. The zero-order chi connectivity index (χ0) is 14.8.